The van der Waals surface area contributed by atoms with Crippen molar-refractivity contribution in [2.24, 2.45) is 0 Å². The smallest absolute Gasteiger partial charge is 0.157 e. The summed E-state index contributed by atoms with van der Waals surface area (Å²) in [5, 5.41) is 11.3. The number of rotatable bonds is 1. The van der Waals surface area contributed by atoms with E-state index in [1.165, 1.54) is 11.3 Å². The van der Waals surface area contributed by atoms with E-state index < -0.39 is 0 Å². The number of hydrogen-bond donors (Lipinski definition) is 2. The summed E-state index contributed by atoms with van der Waals surface area (Å²) in [6, 6.07) is 9.71. The van der Waals surface area contributed by atoms with Crippen molar-refractivity contribution in [2.75, 3.05) is 5.73 Å². The van der Waals surface area contributed by atoms with Gasteiger partial charge in [-0.2, -0.15) is 0 Å². The summed E-state index contributed by atoms with van der Waals surface area (Å²) in [6.07, 6.45) is 0. The second-order valence-electron chi connectivity index (χ2n) is 2.73. The standard InChI is InChI=1S/C10H9NOS/c11-8-6-13-10(9(8)12)7-4-2-1-3-5-7/h1-6,12H,11H2. The minimum Gasteiger partial charge on any atom is -0.504 e. The van der Waals surface area contributed by atoms with Gasteiger partial charge in [-0.25, -0.2) is 0 Å². The summed E-state index contributed by atoms with van der Waals surface area (Å²) in [5.41, 5.74) is 6.99. The molecule has 0 radical (unpaired) electrons. The quantitative estimate of drug-likeness (QED) is 0.728. The lowest BCUT2D eigenvalue weighted by molar-refractivity contribution is 0.482. The Balaban J connectivity index is 2.53. The van der Waals surface area contributed by atoms with Gasteiger partial charge < -0.3 is 10.8 Å². The minimum atomic E-state index is 0.191. The van der Waals surface area contributed by atoms with Gasteiger partial charge >= 0.3 is 0 Å². The van der Waals surface area contributed by atoms with Crippen LogP contribution in [0.5, 0.6) is 5.75 Å². The summed E-state index contributed by atoms with van der Waals surface area (Å²) in [4.78, 5) is 0.832. The van der Waals surface area contributed by atoms with Crippen molar-refractivity contribution in [2.45, 2.75) is 0 Å². The molecule has 0 spiro atoms. The lowest BCUT2D eigenvalue weighted by Crippen LogP contribution is -1.79. The van der Waals surface area contributed by atoms with Crippen LogP contribution in [0.4, 0.5) is 5.69 Å². The highest BCUT2D eigenvalue weighted by Gasteiger charge is 2.08. The molecule has 2 aromatic rings. The summed E-state index contributed by atoms with van der Waals surface area (Å²) in [7, 11) is 0. The van der Waals surface area contributed by atoms with Crippen LogP contribution in [0.1, 0.15) is 0 Å². The highest BCUT2D eigenvalue weighted by Crippen LogP contribution is 2.39. The van der Waals surface area contributed by atoms with Crippen LogP contribution in [0.15, 0.2) is 35.7 Å². The largest absolute Gasteiger partial charge is 0.504 e. The topological polar surface area (TPSA) is 46.2 Å². The summed E-state index contributed by atoms with van der Waals surface area (Å²) >= 11 is 1.45. The first-order valence-electron chi connectivity index (χ1n) is 3.90. The van der Waals surface area contributed by atoms with Crippen molar-refractivity contribution in [3.05, 3.63) is 35.7 Å². The number of nitrogen functional groups attached to an aromatic ring is 1. The molecule has 0 unspecified atom stereocenters. The van der Waals surface area contributed by atoms with Crippen LogP contribution in [0.2, 0.25) is 0 Å². The maximum atomic E-state index is 9.58. The van der Waals surface area contributed by atoms with E-state index in [0.29, 0.717) is 5.69 Å². The first-order chi connectivity index (χ1) is 6.29. The molecular weight excluding hydrogens is 182 g/mol. The molecule has 2 nitrogen and oxygen atoms in total. The Bertz CT molecular complexity index is 408. The van der Waals surface area contributed by atoms with Crippen molar-refractivity contribution < 1.29 is 5.11 Å². The number of hydrogen-bond acceptors (Lipinski definition) is 3. The van der Waals surface area contributed by atoms with Gasteiger partial charge in [0, 0.05) is 5.38 Å². The molecule has 1 aromatic heterocycles. The fourth-order valence-electron chi connectivity index (χ4n) is 1.16. The molecule has 0 saturated heterocycles. The highest BCUT2D eigenvalue weighted by molar-refractivity contribution is 7.14. The number of anilines is 1. The lowest BCUT2D eigenvalue weighted by atomic mass is 10.2. The van der Waals surface area contributed by atoms with Crippen LogP contribution in [-0.4, -0.2) is 5.11 Å². The third kappa shape index (κ3) is 1.38. The molecule has 3 heteroatoms. The predicted molar refractivity (Wildman–Crippen MR) is 55.8 cm³/mol. The SMILES string of the molecule is Nc1csc(-c2ccccc2)c1O. The molecule has 1 aromatic carbocycles. The molecule has 3 N–H and O–H groups in total. The van der Waals surface area contributed by atoms with E-state index in [4.69, 9.17) is 5.73 Å². The molecule has 0 saturated carbocycles. The van der Waals surface area contributed by atoms with Crippen LogP contribution in [-0.2, 0) is 0 Å². The average molecular weight is 191 g/mol. The number of benzene rings is 1. The molecule has 0 amide bonds. The molecule has 13 heavy (non-hydrogen) atoms. The van der Waals surface area contributed by atoms with Gasteiger partial charge in [-0.15, -0.1) is 11.3 Å². The first kappa shape index (κ1) is 8.13. The van der Waals surface area contributed by atoms with Gasteiger partial charge in [-0.1, -0.05) is 30.3 Å². The summed E-state index contributed by atoms with van der Waals surface area (Å²) < 4.78 is 0. The lowest BCUT2D eigenvalue weighted by Gasteiger charge is -1.97. The second kappa shape index (κ2) is 3.11. The van der Waals surface area contributed by atoms with Gasteiger partial charge in [0.05, 0.1) is 10.6 Å². The molecule has 0 aliphatic rings. The maximum absolute atomic E-state index is 9.58. The van der Waals surface area contributed by atoms with Crippen LogP contribution < -0.4 is 5.73 Å². The van der Waals surface area contributed by atoms with Crippen LogP contribution in [0, 0.1) is 0 Å². The van der Waals surface area contributed by atoms with Crippen molar-refractivity contribution in [1.29, 1.82) is 0 Å². The molecule has 66 valence electrons. The Morgan fingerprint density at radius 1 is 1.15 bits per heavy atom. The zero-order valence-electron chi connectivity index (χ0n) is 6.90. The summed E-state index contributed by atoms with van der Waals surface area (Å²) in [6.45, 7) is 0. The molecule has 0 atom stereocenters. The van der Waals surface area contributed by atoms with E-state index in [1.807, 2.05) is 30.3 Å². The van der Waals surface area contributed by atoms with E-state index in [1.54, 1.807) is 5.38 Å². The van der Waals surface area contributed by atoms with E-state index in [-0.39, 0.29) is 5.75 Å². The van der Waals surface area contributed by atoms with Gasteiger partial charge in [0.2, 0.25) is 0 Å². The zero-order valence-corrected chi connectivity index (χ0v) is 7.71. The normalized spacial score (nSPS) is 10.2. The third-order valence-electron chi connectivity index (χ3n) is 1.83. The molecule has 0 aliphatic heterocycles. The van der Waals surface area contributed by atoms with Gasteiger partial charge in [0.1, 0.15) is 0 Å². The predicted octanol–water partition coefficient (Wildman–Crippen LogP) is 2.70. The monoisotopic (exact) mass is 191 g/mol. The fraction of sp³-hybridized carbons (Fsp3) is 0. The van der Waals surface area contributed by atoms with Crippen molar-refractivity contribution in [3.63, 3.8) is 0 Å². The zero-order chi connectivity index (χ0) is 9.26. The molecule has 2 rings (SSSR count). The number of thiophene rings is 1. The van der Waals surface area contributed by atoms with Gasteiger partial charge in [-0.3, -0.25) is 0 Å². The van der Waals surface area contributed by atoms with Crippen LogP contribution in [0.25, 0.3) is 10.4 Å². The Kier molecular flexibility index (Phi) is 1.94. The highest BCUT2D eigenvalue weighted by atomic mass is 32.1. The average Bonchev–Trinajstić information content (AvgIpc) is 2.49. The first-order valence-corrected chi connectivity index (χ1v) is 4.78. The maximum Gasteiger partial charge on any atom is 0.157 e. The Morgan fingerprint density at radius 2 is 1.85 bits per heavy atom. The molecule has 1 heterocycles. The minimum absolute atomic E-state index is 0.191. The van der Waals surface area contributed by atoms with Crippen LogP contribution in [0.3, 0.4) is 0 Å². The van der Waals surface area contributed by atoms with E-state index in [0.717, 1.165) is 10.4 Å². The van der Waals surface area contributed by atoms with Crippen LogP contribution >= 0.6 is 11.3 Å². The Morgan fingerprint density at radius 3 is 2.38 bits per heavy atom. The Labute approximate surface area is 80.3 Å². The van der Waals surface area contributed by atoms with Gasteiger partial charge in [0.25, 0.3) is 0 Å². The van der Waals surface area contributed by atoms with Crippen molar-refractivity contribution >= 4 is 17.0 Å². The van der Waals surface area contributed by atoms with E-state index >= 15 is 0 Å². The molecular formula is C10H9NOS. The Hall–Kier alpha value is -1.48. The number of nitrogens with two attached hydrogens (primary N) is 1. The fourth-order valence-corrected chi connectivity index (χ4v) is 2.02. The molecule has 0 fully saturated rings. The molecule has 0 aliphatic carbocycles. The molecule has 0 bridgehead atoms. The van der Waals surface area contributed by atoms with Gasteiger partial charge in [-0.05, 0) is 5.56 Å². The second-order valence-corrected chi connectivity index (χ2v) is 3.61. The van der Waals surface area contributed by atoms with E-state index in [2.05, 4.69) is 0 Å². The van der Waals surface area contributed by atoms with Gasteiger partial charge in [0.15, 0.2) is 5.75 Å². The van der Waals surface area contributed by atoms with Crippen molar-refractivity contribution in [3.8, 4) is 16.2 Å². The van der Waals surface area contributed by atoms with E-state index in [9.17, 15) is 5.11 Å². The summed E-state index contributed by atoms with van der Waals surface area (Å²) in [5.74, 6) is 0.191. The number of aromatic hydroxyl groups is 1. The van der Waals surface area contributed by atoms with Crippen molar-refractivity contribution in [1.82, 2.24) is 0 Å². The third-order valence-corrected chi connectivity index (χ3v) is 2.86.